The average molecular weight is 402 g/mol. The van der Waals surface area contributed by atoms with E-state index in [2.05, 4.69) is 15.1 Å². The highest BCUT2D eigenvalue weighted by atomic mass is 35.5. The number of esters is 1. The maximum absolute atomic E-state index is 12.4. The number of nitrogens with zero attached hydrogens (tertiary/aromatic N) is 2. The van der Waals surface area contributed by atoms with Gasteiger partial charge in [-0.25, -0.2) is 4.79 Å². The van der Waals surface area contributed by atoms with Gasteiger partial charge in [-0.3, -0.25) is 14.6 Å². The normalized spacial score (nSPS) is 16.4. The van der Waals surface area contributed by atoms with E-state index in [1.54, 1.807) is 12.1 Å². The van der Waals surface area contributed by atoms with Gasteiger partial charge in [0, 0.05) is 36.9 Å². The first-order chi connectivity index (χ1) is 13.6. The number of carbonyl (C=O) groups excluding carboxylic acids is 2. The smallest absolute Gasteiger partial charge is 0.327 e. The number of nitrogens with one attached hydrogen (secondary N) is 1. The highest BCUT2D eigenvalue weighted by molar-refractivity contribution is 6.30. The van der Waals surface area contributed by atoms with Crippen LogP contribution in [0.3, 0.4) is 0 Å². The summed E-state index contributed by atoms with van der Waals surface area (Å²) in [6.07, 6.45) is 0. The molecule has 1 heterocycles. The molecule has 1 aliphatic rings. The van der Waals surface area contributed by atoms with Crippen LogP contribution in [-0.2, 0) is 14.3 Å². The topological polar surface area (TPSA) is 61.9 Å². The van der Waals surface area contributed by atoms with E-state index in [0.717, 1.165) is 11.3 Å². The molecule has 1 aliphatic heterocycles. The van der Waals surface area contributed by atoms with Crippen molar-refractivity contribution in [3.8, 4) is 0 Å². The van der Waals surface area contributed by atoms with Gasteiger partial charge in [-0.15, -0.1) is 0 Å². The molecule has 3 rings (SSSR count). The molecule has 1 amide bonds. The molecule has 1 unspecified atom stereocenters. The van der Waals surface area contributed by atoms with Crippen LogP contribution in [0.1, 0.15) is 11.6 Å². The van der Waals surface area contributed by atoms with Crippen LogP contribution in [-0.4, -0.2) is 61.5 Å². The summed E-state index contributed by atoms with van der Waals surface area (Å²) in [6.45, 7) is 3.06. The predicted octanol–water partition coefficient (Wildman–Crippen LogP) is 2.81. The number of ether oxygens (including phenoxy) is 1. The Hall–Kier alpha value is -2.41. The van der Waals surface area contributed by atoms with Crippen molar-refractivity contribution in [2.24, 2.45) is 0 Å². The maximum atomic E-state index is 12.4. The molecule has 28 heavy (non-hydrogen) atoms. The van der Waals surface area contributed by atoms with Gasteiger partial charge in [0.1, 0.15) is 6.04 Å². The highest BCUT2D eigenvalue weighted by Crippen LogP contribution is 2.25. The summed E-state index contributed by atoms with van der Waals surface area (Å²) in [5, 5.41) is 3.53. The Labute approximate surface area is 170 Å². The van der Waals surface area contributed by atoms with E-state index in [1.807, 2.05) is 42.5 Å². The lowest BCUT2D eigenvalue weighted by Gasteiger charge is -2.38. The van der Waals surface area contributed by atoms with Gasteiger partial charge in [-0.1, -0.05) is 41.9 Å². The van der Waals surface area contributed by atoms with Crippen LogP contribution < -0.4 is 5.32 Å². The molecular formula is C21H24ClN3O3. The van der Waals surface area contributed by atoms with Crippen molar-refractivity contribution in [1.29, 1.82) is 0 Å². The van der Waals surface area contributed by atoms with Crippen molar-refractivity contribution in [3.05, 3.63) is 65.2 Å². The molecule has 0 bridgehead atoms. The molecule has 1 fully saturated rings. The minimum Gasteiger partial charge on any atom is -0.468 e. The Balaban J connectivity index is 1.57. The monoisotopic (exact) mass is 401 g/mol. The van der Waals surface area contributed by atoms with Crippen LogP contribution in [0.25, 0.3) is 0 Å². The second-order valence-corrected chi connectivity index (χ2v) is 7.14. The number of carbonyl (C=O) groups is 2. The molecule has 1 atom stereocenters. The molecule has 2 aromatic rings. The number of rotatable bonds is 6. The zero-order valence-corrected chi connectivity index (χ0v) is 16.6. The summed E-state index contributed by atoms with van der Waals surface area (Å²) in [7, 11) is 1.40. The zero-order chi connectivity index (χ0) is 19.9. The standard InChI is InChI=1S/C21H24ClN3O3/c1-28-21(27)20(16-7-9-17(22)10-8-16)25-13-11-24(12-14-25)15-19(26)23-18-5-3-2-4-6-18/h2-10,20H,11-15H2,1H3,(H,23,26). The molecule has 6 nitrogen and oxygen atoms in total. The van der Waals surface area contributed by atoms with Gasteiger partial charge in [0.05, 0.1) is 13.7 Å². The molecule has 2 aromatic carbocycles. The highest BCUT2D eigenvalue weighted by Gasteiger charge is 2.31. The number of methoxy groups -OCH3 is 1. The Morgan fingerprint density at radius 3 is 2.29 bits per heavy atom. The summed E-state index contributed by atoms with van der Waals surface area (Å²) >= 11 is 5.97. The number of anilines is 1. The number of halogens is 1. The van der Waals surface area contributed by atoms with E-state index in [-0.39, 0.29) is 11.9 Å². The van der Waals surface area contributed by atoms with E-state index in [1.165, 1.54) is 7.11 Å². The molecule has 0 radical (unpaired) electrons. The lowest BCUT2D eigenvalue weighted by molar-refractivity contribution is -0.148. The molecule has 0 aliphatic carbocycles. The van der Waals surface area contributed by atoms with E-state index < -0.39 is 6.04 Å². The van der Waals surface area contributed by atoms with Crippen molar-refractivity contribution < 1.29 is 14.3 Å². The first kappa shape index (κ1) is 20.3. The van der Waals surface area contributed by atoms with Gasteiger partial charge in [0.15, 0.2) is 0 Å². The molecule has 0 saturated carbocycles. The van der Waals surface area contributed by atoms with Gasteiger partial charge in [-0.2, -0.15) is 0 Å². The second-order valence-electron chi connectivity index (χ2n) is 6.70. The van der Waals surface area contributed by atoms with Crippen LogP contribution in [0.2, 0.25) is 5.02 Å². The Kier molecular flexibility index (Phi) is 7.03. The third kappa shape index (κ3) is 5.32. The van der Waals surface area contributed by atoms with Gasteiger partial charge < -0.3 is 10.1 Å². The lowest BCUT2D eigenvalue weighted by Crippen LogP contribution is -2.51. The minimum absolute atomic E-state index is 0.0399. The number of hydrogen-bond donors (Lipinski definition) is 1. The lowest BCUT2D eigenvalue weighted by atomic mass is 10.0. The van der Waals surface area contributed by atoms with Crippen molar-refractivity contribution in [1.82, 2.24) is 9.80 Å². The third-order valence-corrected chi connectivity index (χ3v) is 5.06. The van der Waals surface area contributed by atoms with Crippen molar-refractivity contribution >= 4 is 29.2 Å². The second kappa shape index (κ2) is 9.68. The molecule has 1 saturated heterocycles. The van der Waals surface area contributed by atoms with Crippen LogP contribution in [0.5, 0.6) is 0 Å². The van der Waals surface area contributed by atoms with Gasteiger partial charge >= 0.3 is 5.97 Å². The van der Waals surface area contributed by atoms with Gasteiger partial charge in [0.2, 0.25) is 5.91 Å². The zero-order valence-electron chi connectivity index (χ0n) is 15.8. The molecular weight excluding hydrogens is 378 g/mol. The molecule has 1 N–H and O–H groups in total. The Morgan fingerprint density at radius 1 is 1.04 bits per heavy atom. The maximum Gasteiger partial charge on any atom is 0.327 e. The number of para-hydroxylation sites is 1. The van der Waals surface area contributed by atoms with Crippen LogP contribution in [0.4, 0.5) is 5.69 Å². The summed E-state index contributed by atoms with van der Waals surface area (Å²) in [6, 6.07) is 16.2. The van der Waals surface area contributed by atoms with Crippen molar-refractivity contribution in [2.45, 2.75) is 6.04 Å². The van der Waals surface area contributed by atoms with Gasteiger partial charge in [-0.05, 0) is 29.8 Å². The predicted molar refractivity (Wildman–Crippen MR) is 109 cm³/mol. The van der Waals surface area contributed by atoms with E-state index >= 15 is 0 Å². The molecule has 0 spiro atoms. The van der Waals surface area contributed by atoms with E-state index in [9.17, 15) is 9.59 Å². The summed E-state index contributed by atoms with van der Waals surface area (Å²) < 4.78 is 5.02. The molecule has 0 aromatic heterocycles. The number of benzene rings is 2. The van der Waals surface area contributed by atoms with Crippen molar-refractivity contribution in [3.63, 3.8) is 0 Å². The number of hydrogen-bond acceptors (Lipinski definition) is 5. The Morgan fingerprint density at radius 2 is 1.68 bits per heavy atom. The van der Waals surface area contributed by atoms with E-state index in [4.69, 9.17) is 16.3 Å². The first-order valence-electron chi connectivity index (χ1n) is 9.21. The summed E-state index contributed by atoms with van der Waals surface area (Å²) in [5.41, 5.74) is 1.64. The SMILES string of the molecule is COC(=O)C(c1ccc(Cl)cc1)N1CCN(CC(=O)Nc2ccccc2)CC1. The quantitative estimate of drug-likeness (QED) is 0.754. The first-order valence-corrected chi connectivity index (χ1v) is 9.59. The minimum atomic E-state index is -0.470. The fourth-order valence-electron chi connectivity index (χ4n) is 3.36. The van der Waals surface area contributed by atoms with Gasteiger partial charge in [0.25, 0.3) is 0 Å². The number of piperazine rings is 1. The van der Waals surface area contributed by atoms with E-state index in [0.29, 0.717) is 37.7 Å². The largest absolute Gasteiger partial charge is 0.468 e. The summed E-state index contributed by atoms with van der Waals surface area (Å²) in [4.78, 5) is 28.8. The third-order valence-electron chi connectivity index (χ3n) is 4.81. The fraction of sp³-hybridized carbons (Fsp3) is 0.333. The van der Waals surface area contributed by atoms with Crippen molar-refractivity contribution in [2.75, 3.05) is 45.2 Å². The van der Waals surface area contributed by atoms with Crippen LogP contribution in [0.15, 0.2) is 54.6 Å². The fourth-order valence-corrected chi connectivity index (χ4v) is 3.48. The summed E-state index contributed by atoms with van der Waals surface area (Å²) in [5.74, 6) is -0.334. The van der Waals surface area contributed by atoms with Crippen LogP contribution >= 0.6 is 11.6 Å². The average Bonchev–Trinajstić information content (AvgIpc) is 2.71. The molecule has 148 valence electrons. The van der Waals surface area contributed by atoms with Crippen LogP contribution in [0, 0.1) is 0 Å². The Bertz CT molecular complexity index is 790. The molecule has 7 heteroatoms. The number of amides is 1.